The van der Waals surface area contributed by atoms with E-state index in [0.717, 1.165) is 18.8 Å². The number of rotatable bonds is 6. The van der Waals surface area contributed by atoms with Gasteiger partial charge >= 0.3 is 0 Å². The number of hydrogen-bond acceptors (Lipinski definition) is 2. The molecule has 3 aromatic rings. The highest BCUT2D eigenvalue weighted by atomic mass is 16.5. The first-order valence-corrected chi connectivity index (χ1v) is 9.83. The van der Waals surface area contributed by atoms with Gasteiger partial charge in [0, 0.05) is 0 Å². The molecule has 0 aromatic heterocycles. The lowest BCUT2D eigenvalue weighted by Crippen LogP contribution is -1.96. The van der Waals surface area contributed by atoms with E-state index in [2.05, 4.69) is 105 Å². The Morgan fingerprint density at radius 3 is 2.00 bits per heavy atom. The fourth-order valence-corrected chi connectivity index (χ4v) is 3.17. The summed E-state index contributed by atoms with van der Waals surface area (Å²) in [5, 5.41) is 0. The highest BCUT2D eigenvalue weighted by molar-refractivity contribution is 5.98. The molecular weight excluding hydrogens is 354 g/mol. The lowest BCUT2D eigenvalue weighted by Gasteiger charge is -2.15. The van der Waals surface area contributed by atoms with E-state index in [0.29, 0.717) is 0 Å². The van der Waals surface area contributed by atoms with E-state index in [4.69, 9.17) is 4.74 Å². The molecule has 0 radical (unpaired) electrons. The SMILES string of the molecule is C.CCCOc1ccc(/C(=C(/C)c2ccccc2)c2cccc(C)c2)cc1.CN. The van der Waals surface area contributed by atoms with Gasteiger partial charge in [0.15, 0.2) is 0 Å². The van der Waals surface area contributed by atoms with Gasteiger partial charge in [-0.2, -0.15) is 0 Å². The minimum absolute atomic E-state index is 0. The van der Waals surface area contributed by atoms with E-state index in [1.54, 1.807) is 0 Å². The van der Waals surface area contributed by atoms with Crippen molar-refractivity contribution in [1.29, 1.82) is 0 Å². The maximum absolute atomic E-state index is 5.74. The number of hydrogen-bond donors (Lipinski definition) is 1. The van der Waals surface area contributed by atoms with E-state index in [1.165, 1.54) is 40.4 Å². The molecule has 0 bridgehead atoms. The maximum atomic E-state index is 5.74. The average molecular weight is 390 g/mol. The molecule has 0 spiro atoms. The van der Waals surface area contributed by atoms with Gasteiger partial charge in [0.25, 0.3) is 0 Å². The second-order valence-corrected chi connectivity index (χ2v) is 6.61. The number of benzene rings is 3. The van der Waals surface area contributed by atoms with Gasteiger partial charge in [0.05, 0.1) is 6.61 Å². The van der Waals surface area contributed by atoms with Crippen molar-refractivity contribution in [2.75, 3.05) is 13.7 Å². The Bertz CT molecular complexity index is 880. The van der Waals surface area contributed by atoms with Crippen LogP contribution in [0.25, 0.3) is 11.1 Å². The summed E-state index contributed by atoms with van der Waals surface area (Å²) in [6.45, 7) is 7.22. The van der Waals surface area contributed by atoms with Crippen molar-refractivity contribution in [3.05, 3.63) is 101 Å². The van der Waals surface area contributed by atoms with Crippen LogP contribution in [0, 0.1) is 6.92 Å². The molecule has 2 N–H and O–H groups in total. The van der Waals surface area contributed by atoms with E-state index in [-0.39, 0.29) is 7.43 Å². The number of nitrogens with two attached hydrogens (primary N) is 1. The zero-order valence-electron chi connectivity index (χ0n) is 17.4. The summed E-state index contributed by atoms with van der Waals surface area (Å²) in [7, 11) is 1.50. The summed E-state index contributed by atoms with van der Waals surface area (Å²) in [5.74, 6) is 0.927. The molecule has 0 amide bonds. The molecule has 0 atom stereocenters. The highest BCUT2D eigenvalue weighted by Gasteiger charge is 2.11. The molecular formula is C27H35NO. The molecule has 2 nitrogen and oxygen atoms in total. The summed E-state index contributed by atoms with van der Waals surface area (Å²) >= 11 is 0. The third kappa shape index (κ3) is 6.62. The largest absolute Gasteiger partial charge is 0.494 e. The lowest BCUT2D eigenvalue weighted by atomic mass is 9.90. The first kappa shape index (κ1) is 24.2. The summed E-state index contributed by atoms with van der Waals surface area (Å²) in [6.07, 6.45) is 1.02. The fourth-order valence-electron chi connectivity index (χ4n) is 3.17. The van der Waals surface area contributed by atoms with Gasteiger partial charge in [-0.3, -0.25) is 0 Å². The fraction of sp³-hybridized carbons (Fsp3) is 0.259. The van der Waals surface area contributed by atoms with E-state index >= 15 is 0 Å². The van der Waals surface area contributed by atoms with Crippen LogP contribution in [-0.4, -0.2) is 13.7 Å². The lowest BCUT2D eigenvalue weighted by molar-refractivity contribution is 0.317. The van der Waals surface area contributed by atoms with Crippen molar-refractivity contribution in [2.45, 2.75) is 34.6 Å². The minimum atomic E-state index is 0. The maximum Gasteiger partial charge on any atom is 0.119 e. The quantitative estimate of drug-likeness (QED) is 0.462. The van der Waals surface area contributed by atoms with Crippen LogP contribution in [0.2, 0.25) is 0 Å². The Morgan fingerprint density at radius 1 is 0.793 bits per heavy atom. The van der Waals surface area contributed by atoms with Gasteiger partial charge < -0.3 is 10.5 Å². The summed E-state index contributed by atoms with van der Waals surface area (Å²) in [4.78, 5) is 0. The zero-order valence-corrected chi connectivity index (χ0v) is 17.4. The van der Waals surface area contributed by atoms with E-state index in [1.807, 2.05) is 0 Å². The van der Waals surface area contributed by atoms with Crippen molar-refractivity contribution >= 4 is 11.1 Å². The van der Waals surface area contributed by atoms with Crippen molar-refractivity contribution in [1.82, 2.24) is 0 Å². The summed E-state index contributed by atoms with van der Waals surface area (Å²) in [5.41, 5.74) is 12.0. The van der Waals surface area contributed by atoms with Crippen LogP contribution < -0.4 is 10.5 Å². The average Bonchev–Trinajstić information content (AvgIpc) is 2.75. The van der Waals surface area contributed by atoms with Crippen LogP contribution in [0.4, 0.5) is 0 Å². The van der Waals surface area contributed by atoms with Gasteiger partial charge in [-0.25, -0.2) is 0 Å². The smallest absolute Gasteiger partial charge is 0.119 e. The predicted molar refractivity (Wildman–Crippen MR) is 128 cm³/mol. The van der Waals surface area contributed by atoms with Crippen LogP contribution in [0.15, 0.2) is 78.9 Å². The van der Waals surface area contributed by atoms with Crippen molar-refractivity contribution in [3.63, 3.8) is 0 Å². The molecule has 0 saturated heterocycles. The molecule has 0 fully saturated rings. The first-order chi connectivity index (χ1) is 13.7. The molecule has 0 aliphatic heterocycles. The monoisotopic (exact) mass is 389 g/mol. The van der Waals surface area contributed by atoms with Crippen molar-refractivity contribution < 1.29 is 4.74 Å². The van der Waals surface area contributed by atoms with Crippen LogP contribution >= 0.6 is 0 Å². The Balaban J connectivity index is 0.00000136. The van der Waals surface area contributed by atoms with Crippen LogP contribution in [0.5, 0.6) is 5.75 Å². The van der Waals surface area contributed by atoms with Gasteiger partial charge in [-0.15, -0.1) is 0 Å². The van der Waals surface area contributed by atoms with Crippen LogP contribution in [0.1, 0.15) is 49.9 Å². The second kappa shape index (κ2) is 12.6. The standard InChI is InChI=1S/C25H26O.CH5N.CH4/c1-4-17-26-24-15-13-22(14-16-24)25(23-12-8-9-19(2)18-23)20(3)21-10-6-5-7-11-21;1-2;/h5-16,18H,4,17H2,1-3H3;2H2,1H3;1H4/b25-20+;;. The second-order valence-electron chi connectivity index (χ2n) is 6.61. The van der Waals surface area contributed by atoms with Gasteiger partial charge in [-0.05, 0) is 67.3 Å². The molecule has 0 aliphatic carbocycles. The van der Waals surface area contributed by atoms with E-state index in [9.17, 15) is 0 Å². The summed E-state index contributed by atoms with van der Waals surface area (Å²) in [6, 6.07) is 27.8. The van der Waals surface area contributed by atoms with Crippen LogP contribution in [-0.2, 0) is 0 Å². The molecule has 0 saturated carbocycles. The molecule has 0 aliphatic rings. The minimum Gasteiger partial charge on any atom is -0.494 e. The van der Waals surface area contributed by atoms with Crippen LogP contribution in [0.3, 0.4) is 0 Å². The normalized spacial score (nSPS) is 10.8. The number of allylic oxidation sites excluding steroid dienone is 1. The summed E-state index contributed by atoms with van der Waals surface area (Å²) < 4.78 is 5.74. The Hall–Kier alpha value is -2.84. The third-order valence-corrected chi connectivity index (χ3v) is 4.50. The van der Waals surface area contributed by atoms with Crippen molar-refractivity contribution in [3.8, 4) is 5.75 Å². The van der Waals surface area contributed by atoms with Gasteiger partial charge in [-0.1, -0.05) is 86.6 Å². The first-order valence-electron chi connectivity index (χ1n) is 9.83. The van der Waals surface area contributed by atoms with E-state index < -0.39 is 0 Å². The third-order valence-electron chi connectivity index (χ3n) is 4.50. The number of ether oxygens (including phenoxy) is 1. The molecule has 3 rings (SSSR count). The Labute approximate surface area is 177 Å². The molecule has 0 heterocycles. The molecule has 29 heavy (non-hydrogen) atoms. The van der Waals surface area contributed by atoms with Crippen molar-refractivity contribution in [2.24, 2.45) is 5.73 Å². The topological polar surface area (TPSA) is 35.2 Å². The van der Waals surface area contributed by atoms with Gasteiger partial charge in [0.2, 0.25) is 0 Å². The van der Waals surface area contributed by atoms with Gasteiger partial charge in [0.1, 0.15) is 5.75 Å². The number of aryl methyl sites for hydroxylation is 1. The zero-order chi connectivity index (χ0) is 20.4. The molecule has 154 valence electrons. The molecule has 3 aromatic carbocycles. The Morgan fingerprint density at radius 2 is 1.41 bits per heavy atom. The highest BCUT2D eigenvalue weighted by Crippen LogP contribution is 2.33. The molecule has 2 heteroatoms. The predicted octanol–water partition coefficient (Wildman–Crippen LogP) is 6.97. The molecule has 0 unspecified atom stereocenters. The Kier molecular flexibility index (Phi) is 10.5.